The molecular weight excluding hydrogens is 300 g/mol. The minimum absolute atomic E-state index is 0.199. The number of hydrogen-bond donors (Lipinski definition) is 1. The van der Waals surface area contributed by atoms with Gasteiger partial charge >= 0.3 is 0 Å². The lowest BCUT2D eigenvalue weighted by molar-refractivity contribution is -0.115. The van der Waals surface area contributed by atoms with Gasteiger partial charge in [0.05, 0.1) is 0 Å². The Kier molecular flexibility index (Phi) is 4.75. The molecule has 0 atom stereocenters. The molecule has 0 aromatic heterocycles. The molecule has 0 radical (unpaired) electrons. The smallest absolute Gasteiger partial charge is 0.275 e. The Morgan fingerprint density at radius 1 is 1.08 bits per heavy atom. The fourth-order valence-corrected chi connectivity index (χ4v) is 2.39. The monoisotopic (exact) mass is 320 g/mol. The van der Waals surface area contributed by atoms with Gasteiger partial charge in [0.1, 0.15) is 23.9 Å². The van der Waals surface area contributed by atoms with Gasteiger partial charge in [-0.2, -0.15) is 0 Å². The molecule has 122 valence electrons. The zero-order valence-corrected chi connectivity index (χ0v) is 13.8. The number of nitrogens with one attached hydrogen (secondary N) is 1. The van der Waals surface area contributed by atoms with Crippen LogP contribution in [0.15, 0.2) is 65.3 Å². The van der Waals surface area contributed by atoms with Gasteiger partial charge < -0.3 is 10.1 Å². The van der Waals surface area contributed by atoms with E-state index in [0.29, 0.717) is 17.5 Å². The van der Waals surface area contributed by atoms with E-state index in [1.165, 1.54) is 5.56 Å². The first-order chi connectivity index (χ1) is 11.6. The van der Waals surface area contributed by atoms with Crippen LogP contribution in [0, 0.1) is 0 Å². The minimum Gasteiger partial charge on any atom is -0.486 e. The van der Waals surface area contributed by atoms with Crippen LogP contribution in [-0.4, -0.2) is 18.3 Å². The van der Waals surface area contributed by atoms with Crippen molar-refractivity contribution in [3.63, 3.8) is 0 Å². The fourth-order valence-electron chi connectivity index (χ4n) is 2.39. The average molecular weight is 320 g/mol. The van der Waals surface area contributed by atoms with E-state index >= 15 is 0 Å². The van der Waals surface area contributed by atoms with Crippen molar-refractivity contribution in [2.45, 2.75) is 19.8 Å². The first-order valence-electron chi connectivity index (χ1n) is 8.00. The van der Waals surface area contributed by atoms with Crippen molar-refractivity contribution in [1.29, 1.82) is 0 Å². The van der Waals surface area contributed by atoms with E-state index in [1.807, 2.05) is 42.5 Å². The maximum absolute atomic E-state index is 12.0. The van der Waals surface area contributed by atoms with Gasteiger partial charge in [-0.25, -0.2) is 4.99 Å². The van der Waals surface area contributed by atoms with E-state index in [-0.39, 0.29) is 12.5 Å². The van der Waals surface area contributed by atoms with Crippen molar-refractivity contribution >= 4 is 17.8 Å². The number of nitrogens with zero attached hydrogens (tertiary/aromatic N) is 1. The molecule has 1 amide bonds. The number of carbonyl (C=O) groups is 1. The van der Waals surface area contributed by atoms with Crippen LogP contribution >= 0.6 is 0 Å². The van der Waals surface area contributed by atoms with Crippen molar-refractivity contribution in [3.8, 4) is 5.75 Å². The molecule has 0 saturated heterocycles. The molecule has 4 heteroatoms. The number of aliphatic imine (C=N–C) groups is 1. The maximum Gasteiger partial charge on any atom is 0.275 e. The highest BCUT2D eigenvalue weighted by atomic mass is 16.5. The predicted octanol–water partition coefficient (Wildman–Crippen LogP) is 3.76. The third kappa shape index (κ3) is 3.90. The highest BCUT2D eigenvalue weighted by Crippen LogP contribution is 2.18. The van der Waals surface area contributed by atoms with Crippen molar-refractivity contribution in [2.24, 2.45) is 4.99 Å². The fraction of sp³-hybridized carbons (Fsp3) is 0.200. The molecule has 0 unspecified atom stereocenters. The van der Waals surface area contributed by atoms with Gasteiger partial charge in [0.15, 0.2) is 0 Å². The third-order valence-electron chi connectivity index (χ3n) is 3.77. The number of para-hydroxylation sites is 1. The Morgan fingerprint density at radius 3 is 2.46 bits per heavy atom. The van der Waals surface area contributed by atoms with E-state index in [4.69, 9.17) is 4.74 Å². The molecule has 3 rings (SSSR count). The molecule has 0 spiro atoms. The molecule has 24 heavy (non-hydrogen) atoms. The van der Waals surface area contributed by atoms with E-state index in [2.05, 4.69) is 36.3 Å². The molecule has 1 aliphatic rings. The van der Waals surface area contributed by atoms with Gasteiger partial charge in [-0.1, -0.05) is 56.3 Å². The van der Waals surface area contributed by atoms with E-state index in [1.54, 1.807) is 6.08 Å². The summed E-state index contributed by atoms with van der Waals surface area (Å²) in [6.45, 7) is 4.54. The van der Waals surface area contributed by atoms with Gasteiger partial charge in [0, 0.05) is 0 Å². The number of carbonyl (C=O) groups excluding carboxylic acids is 1. The average Bonchev–Trinajstić information content (AvgIpc) is 2.94. The summed E-state index contributed by atoms with van der Waals surface area (Å²) in [5.74, 6) is 1.56. The quantitative estimate of drug-likeness (QED) is 0.853. The highest BCUT2D eigenvalue weighted by molar-refractivity contribution is 6.14. The van der Waals surface area contributed by atoms with Crippen molar-refractivity contribution < 1.29 is 9.53 Å². The van der Waals surface area contributed by atoms with Crippen LogP contribution in [0.1, 0.15) is 30.9 Å². The van der Waals surface area contributed by atoms with Gasteiger partial charge in [-0.15, -0.1) is 0 Å². The lowest BCUT2D eigenvalue weighted by Crippen LogP contribution is -2.28. The summed E-state index contributed by atoms with van der Waals surface area (Å²) < 4.78 is 5.61. The maximum atomic E-state index is 12.0. The molecule has 0 saturated carbocycles. The Balaban J connectivity index is 1.69. The van der Waals surface area contributed by atoms with Crippen LogP contribution in [0.4, 0.5) is 0 Å². The number of hydrogen-bond acceptors (Lipinski definition) is 3. The first kappa shape index (κ1) is 16.0. The lowest BCUT2D eigenvalue weighted by Gasteiger charge is -2.04. The van der Waals surface area contributed by atoms with Crippen LogP contribution in [0.2, 0.25) is 0 Å². The number of amides is 1. The summed E-state index contributed by atoms with van der Waals surface area (Å²) in [7, 11) is 0. The summed E-state index contributed by atoms with van der Waals surface area (Å²) >= 11 is 0. The summed E-state index contributed by atoms with van der Waals surface area (Å²) in [4.78, 5) is 16.4. The molecule has 2 aromatic carbocycles. The topological polar surface area (TPSA) is 50.7 Å². The molecule has 0 bridgehead atoms. The second kappa shape index (κ2) is 7.13. The van der Waals surface area contributed by atoms with Crippen molar-refractivity contribution in [1.82, 2.24) is 5.32 Å². The largest absolute Gasteiger partial charge is 0.486 e. The molecule has 4 nitrogen and oxygen atoms in total. The molecule has 0 fully saturated rings. The lowest BCUT2D eigenvalue weighted by atomic mass is 10.0. The minimum atomic E-state index is -0.199. The molecular formula is C20H20N2O2. The molecule has 1 N–H and O–H groups in total. The second-order valence-corrected chi connectivity index (χ2v) is 5.97. The Morgan fingerprint density at radius 2 is 1.79 bits per heavy atom. The number of benzene rings is 2. The number of ether oxygens (including phenoxy) is 1. The van der Waals surface area contributed by atoms with Gasteiger partial charge in [0.25, 0.3) is 5.91 Å². The molecule has 0 aliphatic carbocycles. The van der Waals surface area contributed by atoms with Crippen molar-refractivity contribution in [2.75, 3.05) is 6.61 Å². The van der Waals surface area contributed by atoms with Crippen LogP contribution in [0.25, 0.3) is 6.08 Å². The summed E-state index contributed by atoms with van der Waals surface area (Å²) in [5, 5.41) is 2.74. The van der Waals surface area contributed by atoms with Crippen LogP contribution < -0.4 is 10.1 Å². The van der Waals surface area contributed by atoms with E-state index < -0.39 is 0 Å². The van der Waals surface area contributed by atoms with E-state index in [9.17, 15) is 4.79 Å². The zero-order chi connectivity index (χ0) is 16.9. The van der Waals surface area contributed by atoms with Crippen LogP contribution in [0.5, 0.6) is 5.75 Å². The number of rotatable bonds is 5. The van der Waals surface area contributed by atoms with Crippen LogP contribution in [-0.2, 0) is 4.79 Å². The first-order valence-corrected chi connectivity index (χ1v) is 8.00. The highest BCUT2D eigenvalue weighted by Gasteiger charge is 2.20. The zero-order valence-electron chi connectivity index (χ0n) is 13.8. The molecule has 2 aromatic rings. The summed E-state index contributed by atoms with van der Waals surface area (Å²) in [6.07, 6.45) is 1.79. The van der Waals surface area contributed by atoms with Gasteiger partial charge in [-0.05, 0) is 35.3 Å². The Bertz CT molecular complexity index is 775. The van der Waals surface area contributed by atoms with Gasteiger partial charge in [0.2, 0.25) is 0 Å². The third-order valence-corrected chi connectivity index (χ3v) is 3.77. The van der Waals surface area contributed by atoms with Gasteiger partial charge in [-0.3, -0.25) is 4.79 Å². The number of amidine groups is 1. The Hall–Kier alpha value is -2.88. The molecule has 1 aliphatic heterocycles. The normalized spacial score (nSPS) is 15.5. The molecule has 1 heterocycles. The second-order valence-electron chi connectivity index (χ2n) is 5.97. The Labute approximate surface area is 141 Å². The summed E-state index contributed by atoms with van der Waals surface area (Å²) in [6, 6.07) is 17.6. The van der Waals surface area contributed by atoms with Crippen molar-refractivity contribution in [3.05, 3.63) is 71.4 Å². The van der Waals surface area contributed by atoms with E-state index in [0.717, 1.165) is 11.3 Å². The summed E-state index contributed by atoms with van der Waals surface area (Å²) in [5.41, 5.74) is 2.63. The predicted molar refractivity (Wildman–Crippen MR) is 96.0 cm³/mol. The van der Waals surface area contributed by atoms with Crippen LogP contribution in [0.3, 0.4) is 0 Å². The standard InChI is InChI=1S/C20H20N2O2/c1-14(2)16-10-8-15(9-11-16)12-18-20(23)22-19(21-18)13-24-17-6-4-3-5-7-17/h3-12,14H,13H2,1-2H3,(H,21,22,23)/b18-12+. The SMILES string of the molecule is CC(C)c1ccc(/C=C2/N=C(COc3ccccc3)NC2=O)cc1.